The Morgan fingerprint density at radius 3 is 2.94 bits per heavy atom. The minimum Gasteiger partial charge on any atom is -0.311 e. The molecule has 0 unspecified atom stereocenters. The number of rotatable bonds is 5. The van der Waals surface area contributed by atoms with Crippen LogP contribution in [0.3, 0.4) is 0 Å². The van der Waals surface area contributed by atoms with Crippen LogP contribution in [-0.4, -0.2) is 16.3 Å². The SMILES string of the molecule is CCCNCc1ccn(-c2ccc(I)cc2Br)n1. The largest absolute Gasteiger partial charge is 0.311 e. The molecule has 0 amide bonds. The Morgan fingerprint density at radius 1 is 1.39 bits per heavy atom. The fraction of sp³-hybridized carbons (Fsp3) is 0.308. The topological polar surface area (TPSA) is 29.9 Å². The Bertz CT molecular complexity index is 525. The van der Waals surface area contributed by atoms with Crippen molar-refractivity contribution in [3.05, 3.63) is 44.2 Å². The molecule has 1 heterocycles. The van der Waals surface area contributed by atoms with Crippen molar-refractivity contribution in [2.24, 2.45) is 0 Å². The van der Waals surface area contributed by atoms with Gasteiger partial charge in [0.25, 0.3) is 0 Å². The van der Waals surface area contributed by atoms with E-state index < -0.39 is 0 Å². The van der Waals surface area contributed by atoms with Gasteiger partial charge < -0.3 is 5.32 Å². The van der Waals surface area contributed by atoms with Crippen molar-refractivity contribution in [2.75, 3.05) is 6.54 Å². The predicted molar refractivity (Wildman–Crippen MR) is 86.0 cm³/mol. The molecule has 1 N–H and O–H groups in total. The first-order chi connectivity index (χ1) is 8.70. The summed E-state index contributed by atoms with van der Waals surface area (Å²) in [6, 6.07) is 8.29. The molecule has 0 spiro atoms. The average Bonchev–Trinajstić information content (AvgIpc) is 2.78. The molecule has 96 valence electrons. The Kier molecular flexibility index (Phi) is 5.20. The van der Waals surface area contributed by atoms with E-state index in [-0.39, 0.29) is 0 Å². The highest BCUT2D eigenvalue weighted by atomic mass is 127. The van der Waals surface area contributed by atoms with Crippen LogP contribution in [0.2, 0.25) is 0 Å². The molecule has 0 saturated carbocycles. The molecule has 0 aliphatic rings. The van der Waals surface area contributed by atoms with E-state index in [1.54, 1.807) is 0 Å². The zero-order valence-corrected chi connectivity index (χ0v) is 13.9. The van der Waals surface area contributed by atoms with E-state index in [2.05, 4.69) is 74.1 Å². The molecule has 0 aliphatic carbocycles. The first-order valence-electron chi connectivity index (χ1n) is 5.91. The van der Waals surface area contributed by atoms with E-state index in [0.717, 1.165) is 35.4 Å². The van der Waals surface area contributed by atoms with Crippen molar-refractivity contribution in [3.63, 3.8) is 0 Å². The Hall–Kier alpha value is -0.400. The van der Waals surface area contributed by atoms with Gasteiger partial charge in [-0.3, -0.25) is 0 Å². The lowest BCUT2D eigenvalue weighted by Crippen LogP contribution is -2.14. The van der Waals surface area contributed by atoms with Crippen molar-refractivity contribution >= 4 is 38.5 Å². The highest BCUT2D eigenvalue weighted by Crippen LogP contribution is 2.22. The van der Waals surface area contributed by atoms with E-state index in [1.165, 1.54) is 3.57 Å². The van der Waals surface area contributed by atoms with E-state index in [0.29, 0.717) is 0 Å². The molecule has 2 aromatic rings. The fourth-order valence-electron chi connectivity index (χ4n) is 1.65. The molecule has 1 aromatic heterocycles. The van der Waals surface area contributed by atoms with E-state index in [1.807, 2.05) is 16.9 Å². The highest BCUT2D eigenvalue weighted by Gasteiger charge is 2.05. The number of aromatic nitrogens is 2. The van der Waals surface area contributed by atoms with Crippen molar-refractivity contribution in [3.8, 4) is 5.69 Å². The van der Waals surface area contributed by atoms with Crippen LogP contribution >= 0.6 is 38.5 Å². The van der Waals surface area contributed by atoms with Gasteiger partial charge in [0.15, 0.2) is 0 Å². The molecule has 0 bridgehead atoms. The van der Waals surface area contributed by atoms with Gasteiger partial charge in [-0.25, -0.2) is 4.68 Å². The van der Waals surface area contributed by atoms with Crippen molar-refractivity contribution < 1.29 is 0 Å². The lowest BCUT2D eigenvalue weighted by atomic mass is 10.3. The minimum absolute atomic E-state index is 0.822. The summed E-state index contributed by atoms with van der Waals surface area (Å²) in [5.74, 6) is 0. The second kappa shape index (κ2) is 6.68. The van der Waals surface area contributed by atoms with Gasteiger partial charge in [-0.2, -0.15) is 5.10 Å². The first-order valence-corrected chi connectivity index (χ1v) is 7.78. The monoisotopic (exact) mass is 419 g/mol. The van der Waals surface area contributed by atoms with Gasteiger partial charge in [0, 0.05) is 20.8 Å². The average molecular weight is 420 g/mol. The third-order valence-corrected chi connectivity index (χ3v) is 3.84. The van der Waals surface area contributed by atoms with Gasteiger partial charge in [0.05, 0.1) is 11.4 Å². The first kappa shape index (κ1) is 14.0. The summed E-state index contributed by atoms with van der Waals surface area (Å²) in [6.45, 7) is 4.01. The lowest BCUT2D eigenvalue weighted by Gasteiger charge is -2.05. The lowest BCUT2D eigenvalue weighted by molar-refractivity contribution is 0.656. The Morgan fingerprint density at radius 2 is 2.22 bits per heavy atom. The van der Waals surface area contributed by atoms with Gasteiger partial charge in [0.1, 0.15) is 0 Å². The fourth-order valence-corrected chi connectivity index (χ4v) is 3.13. The molecule has 0 aliphatic heterocycles. The molecule has 0 fully saturated rings. The van der Waals surface area contributed by atoms with Crippen LogP contribution in [0.15, 0.2) is 34.9 Å². The third kappa shape index (κ3) is 3.55. The predicted octanol–water partition coefficient (Wildman–Crippen LogP) is 3.74. The molecular weight excluding hydrogens is 405 g/mol. The number of halogens is 2. The van der Waals surface area contributed by atoms with Crippen molar-refractivity contribution in [1.29, 1.82) is 0 Å². The molecular formula is C13H15BrIN3. The number of hydrogen-bond acceptors (Lipinski definition) is 2. The number of nitrogens with zero attached hydrogens (tertiary/aromatic N) is 2. The maximum atomic E-state index is 4.56. The molecule has 3 nitrogen and oxygen atoms in total. The summed E-state index contributed by atoms with van der Waals surface area (Å²) >= 11 is 5.88. The molecule has 1 aromatic carbocycles. The second-order valence-electron chi connectivity index (χ2n) is 4.02. The normalized spacial score (nSPS) is 10.8. The third-order valence-electron chi connectivity index (χ3n) is 2.53. The maximum Gasteiger partial charge on any atom is 0.0788 e. The standard InChI is InChI=1S/C13H15BrIN3/c1-2-6-16-9-11-5-7-18(17-11)13-4-3-10(15)8-12(13)14/h3-5,7-8,16H,2,6,9H2,1H3. The van der Waals surface area contributed by atoms with Crippen LogP contribution in [0.4, 0.5) is 0 Å². The number of benzene rings is 1. The van der Waals surface area contributed by atoms with Gasteiger partial charge in [-0.1, -0.05) is 6.92 Å². The maximum absolute atomic E-state index is 4.56. The summed E-state index contributed by atoms with van der Waals surface area (Å²) in [6.07, 6.45) is 3.14. The summed E-state index contributed by atoms with van der Waals surface area (Å²) in [5, 5.41) is 7.92. The molecule has 0 saturated heterocycles. The van der Waals surface area contributed by atoms with Crippen LogP contribution < -0.4 is 5.32 Å². The number of hydrogen-bond donors (Lipinski definition) is 1. The van der Waals surface area contributed by atoms with Crippen molar-refractivity contribution in [1.82, 2.24) is 15.1 Å². The quantitative estimate of drug-likeness (QED) is 0.591. The minimum atomic E-state index is 0.822. The van der Waals surface area contributed by atoms with Crippen molar-refractivity contribution in [2.45, 2.75) is 19.9 Å². The Balaban J connectivity index is 2.13. The summed E-state index contributed by atoms with van der Waals surface area (Å²) < 4.78 is 4.18. The molecule has 0 atom stereocenters. The van der Waals surface area contributed by atoms with Gasteiger partial charge >= 0.3 is 0 Å². The van der Waals surface area contributed by atoms with Crippen LogP contribution in [0.25, 0.3) is 5.69 Å². The zero-order chi connectivity index (χ0) is 13.0. The molecule has 2 rings (SSSR count). The van der Waals surface area contributed by atoms with Crippen LogP contribution in [0.5, 0.6) is 0 Å². The zero-order valence-electron chi connectivity index (χ0n) is 10.2. The highest BCUT2D eigenvalue weighted by molar-refractivity contribution is 14.1. The molecule has 5 heteroatoms. The Labute approximate surface area is 129 Å². The van der Waals surface area contributed by atoms with E-state index >= 15 is 0 Å². The van der Waals surface area contributed by atoms with Gasteiger partial charge in [-0.05, 0) is 75.8 Å². The number of nitrogens with one attached hydrogen (secondary N) is 1. The van der Waals surface area contributed by atoms with Crippen LogP contribution in [0, 0.1) is 3.57 Å². The van der Waals surface area contributed by atoms with Crippen LogP contribution in [-0.2, 0) is 6.54 Å². The molecule has 0 radical (unpaired) electrons. The van der Waals surface area contributed by atoms with Gasteiger partial charge in [-0.15, -0.1) is 0 Å². The van der Waals surface area contributed by atoms with E-state index in [4.69, 9.17) is 0 Å². The summed E-state index contributed by atoms with van der Waals surface area (Å²) in [7, 11) is 0. The van der Waals surface area contributed by atoms with E-state index in [9.17, 15) is 0 Å². The molecule has 18 heavy (non-hydrogen) atoms. The summed E-state index contributed by atoms with van der Waals surface area (Å²) in [4.78, 5) is 0. The second-order valence-corrected chi connectivity index (χ2v) is 6.12. The smallest absolute Gasteiger partial charge is 0.0788 e. The summed E-state index contributed by atoms with van der Waals surface area (Å²) in [5.41, 5.74) is 2.13. The van der Waals surface area contributed by atoms with Gasteiger partial charge in [0.2, 0.25) is 0 Å². The van der Waals surface area contributed by atoms with Crippen LogP contribution in [0.1, 0.15) is 19.0 Å².